The van der Waals surface area contributed by atoms with E-state index in [0.717, 1.165) is 12.4 Å². The van der Waals surface area contributed by atoms with Gasteiger partial charge in [-0.2, -0.15) is 0 Å². The van der Waals surface area contributed by atoms with Crippen LogP contribution in [0.15, 0.2) is 18.7 Å². The van der Waals surface area contributed by atoms with Gasteiger partial charge in [-0.3, -0.25) is 19.6 Å². The number of hydrogen-bond acceptors (Lipinski definition) is 2. The van der Waals surface area contributed by atoms with Gasteiger partial charge in [0.1, 0.15) is 12.4 Å². The van der Waals surface area contributed by atoms with Crippen molar-refractivity contribution in [1.82, 2.24) is 4.34 Å². The number of aromatic nitrogens is 2. The molecule has 0 fully saturated rings. The maximum Gasteiger partial charge on any atom is 0.522 e. The molecule has 0 aromatic carbocycles. The molecule has 4 N–H and O–H groups in total. The topological polar surface area (TPSA) is 124 Å². The second-order valence-corrected chi connectivity index (χ2v) is 5.18. The molecule has 1 rings (SSSR count). The van der Waals surface area contributed by atoms with E-state index in [1.807, 2.05) is 0 Å². The minimum Gasteiger partial charge on any atom is -0.290 e. The lowest BCUT2D eigenvalue weighted by Crippen LogP contribution is -2.27. The predicted molar refractivity (Wildman–Crippen MR) is 39.5 cm³/mol. The van der Waals surface area contributed by atoms with E-state index < -0.39 is 15.5 Å². The Hall–Kier alpha value is -0.490. The van der Waals surface area contributed by atoms with Crippen molar-refractivity contribution in [3.05, 3.63) is 18.7 Å². The van der Waals surface area contributed by atoms with Crippen LogP contribution in [0.1, 0.15) is 0 Å². The molecule has 0 saturated carbocycles. The number of imidazole rings is 1. The SMILES string of the molecule is O=P(O)(O)n1cc[n+](P(=O)(O)O)c1. The van der Waals surface area contributed by atoms with Gasteiger partial charge in [0, 0.05) is 0 Å². The van der Waals surface area contributed by atoms with Gasteiger partial charge >= 0.3 is 15.5 Å². The zero-order chi connectivity index (χ0) is 10.3. The maximum atomic E-state index is 10.6. The summed E-state index contributed by atoms with van der Waals surface area (Å²) in [5.41, 5.74) is 0. The highest BCUT2D eigenvalue weighted by molar-refractivity contribution is 7.50. The molecule has 0 aliphatic rings. The lowest BCUT2D eigenvalue weighted by Gasteiger charge is -1.96. The molecule has 1 aromatic heterocycles. The third-order valence-corrected chi connectivity index (χ3v) is 2.89. The van der Waals surface area contributed by atoms with Crippen LogP contribution in [0.4, 0.5) is 0 Å². The lowest BCUT2D eigenvalue weighted by molar-refractivity contribution is -0.537. The number of nitrogens with zero attached hydrogens (tertiary/aromatic N) is 2. The zero-order valence-corrected chi connectivity index (χ0v) is 7.92. The van der Waals surface area contributed by atoms with E-state index in [-0.39, 0.29) is 0 Å². The van der Waals surface area contributed by atoms with E-state index in [2.05, 4.69) is 0 Å². The molecule has 1 aromatic rings. The van der Waals surface area contributed by atoms with Gasteiger partial charge < -0.3 is 0 Å². The fourth-order valence-electron chi connectivity index (χ4n) is 0.643. The maximum absolute atomic E-state index is 10.6. The quantitative estimate of drug-likeness (QED) is 0.465. The molecule has 0 unspecified atom stereocenters. The molecule has 0 radical (unpaired) electrons. The molecular weight excluding hydrogens is 222 g/mol. The average molecular weight is 229 g/mol. The van der Waals surface area contributed by atoms with Gasteiger partial charge in [-0.05, 0) is 0 Å². The fraction of sp³-hybridized carbons (Fsp3) is 0. The Morgan fingerprint density at radius 3 is 1.92 bits per heavy atom. The van der Waals surface area contributed by atoms with Gasteiger partial charge in [-0.15, -0.1) is 8.68 Å². The van der Waals surface area contributed by atoms with E-state index in [9.17, 15) is 9.13 Å². The van der Waals surface area contributed by atoms with Gasteiger partial charge in [0.2, 0.25) is 0 Å². The van der Waals surface area contributed by atoms with Crippen molar-refractivity contribution in [2.45, 2.75) is 0 Å². The number of rotatable bonds is 2. The Morgan fingerprint density at radius 2 is 1.69 bits per heavy atom. The largest absolute Gasteiger partial charge is 0.522 e. The number of hydrogen-bond donors (Lipinski definition) is 4. The van der Waals surface area contributed by atoms with Crippen LogP contribution in [0.5, 0.6) is 0 Å². The van der Waals surface area contributed by atoms with Crippen molar-refractivity contribution in [3.63, 3.8) is 0 Å². The molecule has 0 bridgehead atoms. The highest BCUT2D eigenvalue weighted by Crippen LogP contribution is 2.37. The zero-order valence-electron chi connectivity index (χ0n) is 6.13. The van der Waals surface area contributed by atoms with Gasteiger partial charge in [-0.1, -0.05) is 0 Å². The third kappa shape index (κ3) is 2.47. The summed E-state index contributed by atoms with van der Waals surface area (Å²) in [4.78, 5) is 34.3. The van der Waals surface area contributed by atoms with E-state index in [0.29, 0.717) is 15.0 Å². The first-order valence-electron chi connectivity index (χ1n) is 2.93. The summed E-state index contributed by atoms with van der Waals surface area (Å²) in [6.45, 7) is 0. The predicted octanol–water partition coefficient (Wildman–Crippen LogP) is -1.34. The molecular formula is C3H7N2O6P2+. The minimum absolute atomic E-state index is 0.409. The summed E-state index contributed by atoms with van der Waals surface area (Å²) in [7, 11) is -9.03. The van der Waals surface area contributed by atoms with E-state index >= 15 is 0 Å². The first kappa shape index (κ1) is 10.6. The highest BCUT2D eigenvalue weighted by Gasteiger charge is 2.29. The standard InChI is InChI=1S/C3H6N2O6P2/c6-12(7,8)4-1-2-5(3-4)13(9,10)11/h1-3H,(H3-,6,7,8,9,10,11)/p+1. The van der Waals surface area contributed by atoms with Crippen molar-refractivity contribution in [3.8, 4) is 0 Å². The summed E-state index contributed by atoms with van der Waals surface area (Å²) in [6.07, 6.45) is 2.39. The molecule has 0 aliphatic carbocycles. The second-order valence-electron chi connectivity index (χ2n) is 2.20. The summed E-state index contributed by atoms with van der Waals surface area (Å²) < 4.78 is 21.9. The van der Waals surface area contributed by atoms with E-state index in [1.165, 1.54) is 0 Å². The molecule has 74 valence electrons. The molecule has 8 nitrogen and oxygen atoms in total. The van der Waals surface area contributed by atoms with Crippen LogP contribution in [0.3, 0.4) is 0 Å². The second kappa shape index (κ2) is 3.02. The molecule has 10 heteroatoms. The van der Waals surface area contributed by atoms with Crippen molar-refractivity contribution in [2.75, 3.05) is 0 Å². The van der Waals surface area contributed by atoms with Crippen molar-refractivity contribution < 1.29 is 33.0 Å². The summed E-state index contributed by atoms with van der Waals surface area (Å²) >= 11 is 0. The van der Waals surface area contributed by atoms with Crippen LogP contribution in [-0.4, -0.2) is 23.9 Å². The van der Waals surface area contributed by atoms with Crippen LogP contribution in [-0.2, 0) is 9.13 Å². The summed E-state index contributed by atoms with van der Waals surface area (Å²) in [5, 5.41) is 0. The first-order valence-corrected chi connectivity index (χ1v) is 6.06. The van der Waals surface area contributed by atoms with Crippen LogP contribution in [0, 0.1) is 0 Å². The summed E-state index contributed by atoms with van der Waals surface area (Å²) in [5.74, 6) is 0. The van der Waals surface area contributed by atoms with Gasteiger partial charge in [0.05, 0.1) is 0 Å². The monoisotopic (exact) mass is 229 g/mol. The molecule has 0 aliphatic heterocycles. The molecule has 0 spiro atoms. The Morgan fingerprint density at radius 1 is 1.15 bits per heavy atom. The van der Waals surface area contributed by atoms with E-state index in [4.69, 9.17) is 19.6 Å². The van der Waals surface area contributed by atoms with Gasteiger partial charge in [0.25, 0.3) is 6.33 Å². The Kier molecular flexibility index (Phi) is 2.46. The van der Waals surface area contributed by atoms with Crippen molar-refractivity contribution >= 4 is 15.5 Å². The van der Waals surface area contributed by atoms with Crippen LogP contribution in [0.25, 0.3) is 0 Å². The smallest absolute Gasteiger partial charge is 0.290 e. The normalized spacial score (nSPS) is 13.2. The van der Waals surface area contributed by atoms with E-state index in [1.54, 1.807) is 0 Å². The van der Waals surface area contributed by atoms with Crippen LogP contribution >= 0.6 is 15.5 Å². The average Bonchev–Trinajstić information content (AvgIpc) is 2.28. The Bertz CT molecular complexity index is 363. The van der Waals surface area contributed by atoms with Gasteiger partial charge in [0.15, 0.2) is 0 Å². The highest BCUT2D eigenvalue weighted by atomic mass is 31.2. The van der Waals surface area contributed by atoms with Crippen molar-refractivity contribution in [1.29, 1.82) is 0 Å². The van der Waals surface area contributed by atoms with Crippen LogP contribution < -0.4 is 4.34 Å². The first-order chi connectivity index (χ1) is 5.71. The lowest BCUT2D eigenvalue weighted by atomic mass is 11.0. The minimum atomic E-state index is -4.51. The van der Waals surface area contributed by atoms with Crippen LogP contribution in [0.2, 0.25) is 0 Å². The molecule has 0 atom stereocenters. The van der Waals surface area contributed by atoms with Crippen molar-refractivity contribution in [2.24, 2.45) is 0 Å². The fourth-order valence-corrected chi connectivity index (χ4v) is 1.68. The molecule has 0 saturated heterocycles. The third-order valence-electron chi connectivity index (χ3n) is 1.21. The molecule has 13 heavy (non-hydrogen) atoms. The van der Waals surface area contributed by atoms with Gasteiger partial charge in [-0.25, -0.2) is 9.13 Å². The summed E-state index contributed by atoms with van der Waals surface area (Å²) in [6, 6.07) is 0. The molecule has 0 amide bonds. The molecule has 1 heterocycles. The Balaban J connectivity index is 3.16. The Labute approximate surface area is 72.5 Å².